The molecule has 4 rings (SSSR count). The number of benzene rings is 2. The third-order valence-electron chi connectivity index (χ3n) is 5.97. The first-order valence-electron chi connectivity index (χ1n) is 11.7. The van der Waals surface area contributed by atoms with Crippen molar-refractivity contribution in [3.05, 3.63) is 71.8 Å². The quantitative estimate of drug-likeness (QED) is 0.646. The molecule has 0 aromatic heterocycles. The molecule has 1 N–H and O–H groups in total. The van der Waals surface area contributed by atoms with Gasteiger partial charge < -0.3 is 33.9 Å². The zero-order valence-electron chi connectivity index (χ0n) is 20.5. The smallest absolute Gasteiger partial charge is 0.410 e. The van der Waals surface area contributed by atoms with Crippen molar-refractivity contribution in [3.63, 3.8) is 0 Å². The molecule has 0 aliphatic carbocycles. The molecule has 2 aromatic carbocycles. The predicted octanol–water partition coefficient (Wildman–Crippen LogP) is 3.01. The number of hydrogen-bond donors (Lipinski definition) is 1. The Bertz CT molecular complexity index is 872. The molecule has 0 unspecified atom stereocenters. The number of aliphatic hydroxyl groups excluding tert-OH is 1. The molecule has 0 saturated carbocycles. The third-order valence-corrected chi connectivity index (χ3v) is 5.97. The fraction of sp³-hybridized carbons (Fsp3) is 0.462. The van der Waals surface area contributed by atoms with Gasteiger partial charge in [-0.2, -0.15) is 0 Å². The fourth-order valence-corrected chi connectivity index (χ4v) is 3.86. The van der Waals surface area contributed by atoms with E-state index in [2.05, 4.69) is 0 Å². The number of amides is 2. The summed E-state index contributed by atoms with van der Waals surface area (Å²) in [5.41, 5.74) is 1.85. The Morgan fingerprint density at radius 1 is 0.778 bits per heavy atom. The van der Waals surface area contributed by atoms with Crippen LogP contribution < -0.4 is 0 Å². The molecule has 9 nitrogen and oxygen atoms in total. The minimum absolute atomic E-state index is 0.0339. The maximum atomic E-state index is 13.4. The van der Waals surface area contributed by atoms with Gasteiger partial charge in [-0.05, 0) is 11.1 Å². The highest BCUT2D eigenvalue weighted by molar-refractivity contribution is 5.68. The largest absolute Gasteiger partial charge is 0.445 e. The first-order chi connectivity index (χ1) is 17.4. The van der Waals surface area contributed by atoms with Crippen molar-refractivity contribution in [2.45, 2.75) is 37.7 Å². The minimum Gasteiger partial charge on any atom is -0.445 e. The van der Waals surface area contributed by atoms with Gasteiger partial charge in [0.25, 0.3) is 0 Å². The number of methoxy groups -OCH3 is 2. The third kappa shape index (κ3) is 7.91. The summed E-state index contributed by atoms with van der Waals surface area (Å²) in [6.07, 6.45) is -3.57. The monoisotopic (exact) mass is 504 g/mol. The van der Waals surface area contributed by atoms with Crippen LogP contribution in [-0.2, 0) is 32.2 Å². The first-order valence-corrected chi connectivity index (χ1v) is 11.7. The highest BCUT2D eigenvalue weighted by Crippen LogP contribution is 2.17. The molecule has 196 valence electrons. The Morgan fingerprint density at radius 2 is 1.22 bits per heavy atom. The van der Waals surface area contributed by atoms with Crippen LogP contribution in [0.25, 0.3) is 0 Å². The van der Waals surface area contributed by atoms with Crippen LogP contribution in [0.2, 0.25) is 0 Å². The lowest BCUT2D eigenvalue weighted by Crippen LogP contribution is -2.30. The standard InChI is InChI=1S/C13H16FNO3.C13H17NO4/c1-17-12-8-15(7-11(12)14)13(16)18-9-10-5-3-2-4-6-10;1-17-12-8-14(7-11(12)15)13(16)18-9-10-5-3-2-4-6-10/h2-6,11-12H,7-9H2,1H3;2-6,11-12,15H,7-9H2,1H3/t11-,12+;11-,12-/m10/s1. The second kappa shape index (κ2) is 13.8. The van der Waals surface area contributed by atoms with E-state index in [0.29, 0.717) is 6.54 Å². The summed E-state index contributed by atoms with van der Waals surface area (Å²) < 4.78 is 33.7. The number of ether oxygens (including phenoxy) is 4. The lowest BCUT2D eigenvalue weighted by atomic mass is 10.2. The number of likely N-dealkylation sites (tertiary alicyclic amines) is 2. The number of rotatable bonds is 6. The number of halogens is 1. The Labute approximate surface area is 210 Å². The zero-order valence-corrected chi connectivity index (χ0v) is 20.5. The van der Waals surface area contributed by atoms with Gasteiger partial charge in [-0.1, -0.05) is 60.7 Å². The molecule has 36 heavy (non-hydrogen) atoms. The molecule has 2 heterocycles. The van der Waals surface area contributed by atoms with Crippen LogP contribution >= 0.6 is 0 Å². The SMILES string of the molecule is CO[C@H]1CN(C(=O)OCc2ccccc2)C[C@@H]1O.CO[C@H]1CN(C(=O)OCc2ccccc2)C[C@H]1F. The van der Waals surface area contributed by atoms with Gasteiger partial charge in [0.05, 0.1) is 32.3 Å². The highest BCUT2D eigenvalue weighted by atomic mass is 19.1. The van der Waals surface area contributed by atoms with Crippen molar-refractivity contribution < 1.29 is 38.0 Å². The second-order valence-corrected chi connectivity index (χ2v) is 8.52. The summed E-state index contributed by atoms with van der Waals surface area (Å²) in [6.45, 7) is 1.34. The van der Waals surface area contributed by atoms with E-state index >= 15 is 0 Å². The number of β-amino-alcohol motifs (C(OH)–C–C–N with tert-alkyl or cyclic N) is 1. The van der Waals surface area contributed by atoms with E-state index in [4.69, 9.17) is 18.9 Å². The maximum Gasteiger partial charge on any atom is 0.410 e. The minimum atomic E-state index is -1.14. The molecular formula is C26H33FN2O7. The van der Waals surface area contributed by atoms with Gasteiger partial charge in [0, 0.05) is 14.2 Å². The van der Waals surface area contributed by atoms with E-state index in [1.807, 2.05) is 60.7 Å². The average molecular weight is 505 g/mol. The van der Waals surface area contributed by atoms with E-state index in [1.54, 1.807) is 0 Å². The molecule has 0 radical (unpaired) electrons. The van der Waals surface area contributed by atoms with Crippen LogP contribution in [0.1, 0.15) is 11.1 Å². The highest BCUT2D eigenvalue weighted by Gasteiger charge is 2.36. The molecule has 2 aliphatic rings. The van der Waals surface area contributed by atoms with E-state index in [1.165, 1.54) is 24.0 Å². The van der Waals surface area contributed by atoms with Crippen LogP contribution in [0.4, 0.5) is 14.0 Å². The van der Waals surface area contributed by atoms with Crippen molar-refractivity contribution in [3.8, 4) is 0 Å². The lowest BCUT2D eigenvalue weighted by Gasteiger charge is -2.15. The van der Waals surface area contributed by atoms with E-state index in [0.717, 1.165) is 11.1 Å². The van der Waals surface area contributed by atoms with E-state index < -0.39 is 30.6 Å². The number of carbonyl (C=O) groups is 2. The first kappa shape index (κ1) is 27.4. The molecule has 2 saturated heterocycles. The molecule has 2 aliphatic heterocycles. The average Bonchev–Trinajstić information content (AvgIpc) is 3.49. The van der Waals surface area contributed by atoms with Gasteiger partial charge in [0.2, 0.25) is 0 Å². The van der Waals surface area contributed by atoms with Crippen LogP contribution in [0, 0.1) is 0 Å². The summed E-state index contributed by atoms with van der Waals surface area (Å²) in [4.78, 5) is 26.3. The summed E-state index contributed by atoms with van der Waals surface area (Å²) in [6, 6.07) is 18.9. The molecule has 10 heteroatoms. The number of nitrogens with zero attached hydrogens (tertiary/aromatic N) is 2. The summed E-state index contributed by atoms with van der Waals surface area (Å²) >= 11 is 0. The predicted molar refractivity (Wildman–Crippen MR) is 129 cm³/mol. The second-order valence-electron chi connectivity index (χ2n) is 8.52. The van der Waals surface area contributed by atoms with Crippen LogP contribution in [-0.4, -0.2) is 92.0 Å². The maximum absolute atomic E-state index is 13.4. The molecular weight excluding hydrogens is 471 g/mol. The van der Waals surface area contributed by atoms with Crippen molar-refractivity contribution in [2.24, 2.45) is 0 Å². The summed E-state index contributed by atoms with van der Waals surface area (Å²) in [5.74, 6) is 0. The normalized spacial score (nSPS) is 23.1. The van der Waals surface area contributed by atoms with Crippen LogP contribution in [0.3, 0.4) is 0 Å². The fourth-order valence-electron chi connectivity index (χ4n) is 3.86. The molecule has 0 spiro atoms. The van der Waals surface area contributed by atoms with Crippen LogP contribution in [0.5, 0.6) is 0 Å². The Kier molecular flexibility index (Phi) is 10.5. The summed E-state index contributed by atoms with van der Waals surface area (Å²) in [5, 5.41) is 9.62. The van der Waals surface area contributed by atoms with Crippen molar-refractivity contribution in [1.29, 1.82) is 0 Å². The molecule has 2 amide bonds. The van der Waals surface area contributed by atoms with E-state index in [9.17, 15) is 19.1 Å². The number of aliphatic hydroxyl groups is 1. The van der Waals surface area contributed by atoms with Gasteiger partial charge in [0.15, 0.2) is 0 Å². The van der Waals surface area contributed by atoms with Gasteiger partial charge in [0.1, 0.15) is 31.6 Å². The van der Waals surface area contributed by atoms with Crippen molar-refractivity contribution >= 4 is 12.2 Å². The number of carbonyl (C=O) groups excluding carboxylic acids is 2. The zero-order chi connectivity index (χ0) is 25.9. The number of hydrogen-bond acceptors (Lipinski definition) is 7. The molecule has 0 bridgehead atoms. The molecule has 2 aromatic rings. The van der Waals surface area contributed by atoms with Crippen LogP contribution in [0.15, 0.2) is 60.7 Å². The Balaban J connectivity index is 0.000000201. The van der Waals surface area contributed by atoms with Crippen molar-refractivity contribution in [2.75, 3.05) is 40.4 Å². The van der Waals surface area contributed by atoms with Gasteiger partial charge >= 0.3 is 12.2 Å². The van der Waals surface area contributed by atoms with Gasteiger partial charge in [-0.25, -0.2) is 14.0 Å². The lowest BCUT2D eigenvalue weighted by molar-refractivity contribution is 0.0214. The van der Waals surface area contributed by atoms with Gasteiger partial charge in [-0.15, -0.1) is 0 Å². The molecule has 4 atom stereocenters. The van der Waals surface area contributed by atoms with Gasteiger partial charge in [-0.3, -0.25) is 0 Å². The topological polar surface area (TPSA) is 97.8 Å². The molecule has 2 fully saturated rings. The van der Waals surface area contributed by atoms with Crippen molar-refractivity contribution in [1.82, 2.24) is 9.80 Å². The summed E-state index contributed by atoms with van der Waals surface area (Å²) in [7, 11) is 2.96. The Morgan fingerprint density at radius 3 is 1.64 bits per heavy atom. The number of alkyl halides is 1. The Hall–Kier alpha value is -3.21. The van der Waals surface area contributed by atoms with E-state index in [-0.39, 0.29) is 39.0 Å².